The highest BCUT2D eigenvalue weighted by Gasteiger charge is 2.38. The highest BCUT2D eigenvalue weighted by atomic mass is 32.2. The molecule has 2 aliphatic rings. The molecule has 0 spiro atoms. The van der Waals surface area contributed by atoms with Crippen LogP contribution in [0.2, 0.25) is 0 Å². The number of anilines is 2. The summed E-state index contributed by atoms with van der Waals surface area (Å²) < 4.78 is 34.5. The first kappa shape index (κ1) is 21.7. The van der Waals surface area contributed by atoms with Gasteiger partial charge in [-0.05, 0) is 72.2 Å². The van der Waals surface area contributed by atoms with Gasteiger partial charge in [-0.2, -0.15) is 0 Å². The number of aryl methyl sites for hydroxylation is 3. The number of carbonyl (C=O) groups is 1. The average molecular weight is 485 g/mol. The highest BCUT2D eigenvalue weighted by Crippen LogP contribution is 2.39. The van der Waals surface area contributed by atoms with Gasteiger partial charge in [0.2, 0.25) is 0 Å². The number of amides is 1. The largest absolute Gasteiger partial charge is 0.476 e. The standard InChI is InChI=1S/C28H24N2O4S/c1-18-10-15-25-24(16-18)30(35(32,33)21-7-3-2-4-8-21)17-26(34-25)28(31)29-23-14-13-20-12-11-19-6-5-9-22(23)27(19)20/h2-10,13-16,26H,11-12,17H2,1H3,(H,29,31)/t26-/m0/s1. The number of hydrogen-bond acceptors (Lipinski definition) is 4. The summed E-state index contributed by atoms with van der Waals surface area (Å²) in [5, 5.41) is 5.20. The quantitative estimate of drug-likeness (QED) is 0.450. The molecule has 1 aliphatic heterocycles. The van der Waals surface area contributed by atoms with Crippen molar-refractivity contribution in [3.8, 4) is 5.75 Å². The summed E-state index contributed by atoms with van der Waals surface area (Å²) in [6.45, 7) is 1.77. The molecule has 4 aromatic carbocycles. The topological polar surface area (TPSA) is 75.7 Å². The maximum Gasteiger partial charge on any atom is 0.267 e. The van der Waals surface area contributed by atoms with E-state index >= 15 is 0 Å². The summed E-state index contributed by atoms with van der Waals surface area (Å²) in [5.41, 5.74) is 4.60. The van der Waals surface area contributed by atoms with Crippen LogP contribution in [0, 0.1) is 6.92 Å². The Morgan fingerprint density at radius 3 is 2.51 bits per heavy atom. The zero-order valence-corrected chi connectivity index (χ0v) is 20.0. The predicted octanol–water partition coefficient (Wildman–Crippen LogP) is 4.84. The molecular formula is C28H24N2O4S. The molecule has 1 N–H and O–H groups in total. The highest BCUT2D eigenvalue weighted by molar-refractivity contribution is 7.92. The van der Waals surface area contributed by atoms with Gasteiger partial charge in [-0.1, -0.05) is 48.5 Å². The molecule has 0 bridgehead atoms. The van der Waals surface area contributed by atoms with Gasteiger partial charge in [0, 0.05) is 11.1 Å². The van der Waals surface area contributed by atoms with Gasteiger partial charge in [0.05, 0.1) is 17.1 Å². The molecule has 6 nitrogen and oxygen atoms in total. The van der Waals surface area contributed by atoms with Crippen molar-refractivity contribution in [2.75, 3.05) is 16.2 Å². The van der Waals surface area contributed by atoms with E-state index in [9.17, 15) is 13.2 Å². The third-order valence-electron chi connectivity index (χ3n) is 6.74. The molecule has 1 atom stereocenters. The van der Waals surface area contributed by atoms with E-state index in [2.05, 4.69) is 17.4 Å². The Kier molecular flexibility index (Phi) is 5.04. The van der Waals surface area contributed by atoms with Crippen LogP contribution in [0.5, 0.6) is 5.75 Å². The molecule has 7 heteroatoms. The Hall–Kier alpha value is -3.84. The second kappa shape index (κ2) is 8.13. The molecule has 0 aromatic heterocycles. The Balaban J connectivity index is 1.36. The lowest BCUT2D eigenvalue weighted by molar-refractivity contribution is -0.122. The number of sulfonamides is 1. The maximum atomic E-state index is 13.6. The fourth-order valence-corrected chi connectivity index (χ4v) is 6.50. The molecule has 176 valence electrons. The van der Waals surface area contributed by atoms with Crippen LogP contribution in [0.3, 0.4) is 0 Å². The van der Waals surface area contributed by atoms with Gasteiger partial charge < -0.3 is 10.1 Å². The second-order valence-corrected chi connectivity index (χ2v) is 10.9. The third-order valence-corrected chi connectivity index (χ3v) is 8.54. The molecule has 6 rings (SSSR count). The normalized spacial score (nSPS) is 16.6. The number of rotatable bonds is 4. The van der Waals surface area contributed by atoms with E-state index in [-0.39, 0.29) is 17.3 Å². The number of ether oxygens (including phenoxy) is 1. The maximum absolute atomic E-state index is 13.6. The van der Waals surface area contributed by atoms with Crippen molar-refractivity contribution in [2.45, 2.75) is 30.8 Å². The van der Waals surface area contributed by atoms with Gasteiger partial charge in [0.1, 0.15) is 5.75 Å². The van der Waals surface area contributed by atoms with Crippen molar-refractivity contribution in [2.24, 2.45) is 0 Å². The smallest absolute Gasteiger partial charge is 0.267 e. The molecule has 0 fully saturated rings. The van der Waals surface area contributed by atoms with Crippen LogP contribution >= 0.6 is 0 Å². The van der Waals surface area contributed by atoms with Crippen molar-refractivity contribution in [1.82, 2.24) is 0 Å². The van der Waals surface area contributed by atoms with Crippen molar-refractivity contribution in [3.05, 3.63) is 95.6 Å². The van der Waals surface area contributed by atoms with E-state index in [0.717, 1.165) is 23.8 Å². The SMILES string of the molecule is Cc1ccc2c(c1)N(S(=O)(=O)c1ccccc1)C[C@@H](C(=O)Nc1ccc3c4c(cccc14)CC3)O2. The van der Waals surface area contributed by atoms with Crippen LogP contribution < -0.4 is 14.4 Å². The summed E-state index contributed by atoms with van der Waals surface area (Å²) in [7, 11) is -3.90. The first-order valence-corrected chi connectivity index (χ1v) is 13.1. The van der Waals surface area contributed by atoms with Crippen LogP contribution in [-0.2, 0) is 27.7 Å². The van der Waals surface area contributed by atoms with Crippen LogP contribution in [-0.4, -0.2) is 27.0 Å². The molecular weight excluding hydrogens is 460 g/mol. The Bertz CT molecular complexity index is 1570. The fourth-order valence-electron chi connectivity index (χ4n) is 5.01. The minimum atomic E-state index is -3.90. The van der Waals surface area contributed by atoms with Crippen molar-refractivity contribution in [1.29, 1.82) is 0 Å². The Labute approximate surface area is 204 Å². The monoisotopic (exact) mass is 484 g/mol. The molecule has 0 radical (unpaired) electrons. The minimum absolute atomic E-state index is 0.124. The lowest BCUT2D eigenvalue weighted by Gasteiger charge is -2.35. The summed E-state index contributed by atoms with van der Waals surface area (Å²) >= 11 is 0. The number of benzene rings is 4. The van der Waals surface area contributed by atoms with E-state index in [1.807, 2.05) is 31.2 Å². The van der Waals surface area contributed by atoms with Crippen molar-refractivity contribution < 1.29 is 17.9 Å². The molecule has 0 saturated heterocycles. The zero-order chi connectivity index (χ0) is 24.2. The lowest BCUT2D eigenvalue weighted by atomic mass is 10.0. The third kappa shape index (κ3) is 3.63. The molecule has 4 aromatic rings. The first-order chi connectivity index (χ1) is 16.9. The van der Waals surface area contributed by atoms with Crippen molar-refractivity contribution >= 4 is 38.1 Å². The average Bonchev–Trinajstić information content (AvgIpc) is 3.30. The minimum Gasteiger partial charge on any atom is -0.476 e. The summed E-state index contributed by atoms with van der Waals surface area (Å²) in [6, 6.07) is 23.7. The van der Waals surface area contributed by atoms with E-state index in [0.29, 0.717) is 17.1 Å². The van der Waals surface area contributed by atoms with Gasteiger partial charge in [0.15, 0.2) is 6.10 Å². The molecule has 1 aliphatic carbocycles. The molecule has 0 saturated carbocycles. The molecule has 35 heavy (non-hydrogen) atoms. The Morgan fingerprint density at radius 2 is 1.71 bits per heavy atom. The van der Waals surface area contributed by atoms with E-state index < -0.39 is 16.1 Å². The molecule has 0 unspecified atom stereocenters. The van der Waals surface area contributed by atoms with Crippen LogP contribution in [0.1, 0.15) is 16.7 Å². The van der Waals surface area contributed by atoms with E-state index in [4.69, 9.17) is 4.74 Å². The molecule has 1 heterocycles. The summed E-state index contributed by atoms with van der Waals surface area (Å²) in [5.74, 6) is -0.0231. The van der Waals surface area contributed by atoms with Gasteiger partial charge in [0.25, 0.3) is 15.9 Å². The number of nitrogens with one attached hydrogen (secondary N) is 1. The first-order valence-electron chi connectivity index (χ1n) is 11.6. The van der Waals surface area contributed by atoms with E-state index in [1.165, 1.54) is 20.8 Å². The number of nitrogens with zero attached hydrogens (tertiary/aromatic N) is 1. The lowest BCUT2D eigenvalue weighted by Crippen LogP contribution is -2.48. The predicted molar refractivity (Wildman–Crippen MR) is 137 cm³/mol. The fraction of sp³-hybridized carbons (Fsp3) is 0.179. The molecule has 1 amide bonds. The number of carbonyl (C=O) groups excluding carboxylic acids is 1. The number of fused-ring (bicyclic) bond motifs is 1. The Morgan fingerprint density at radius 1 is 0.943 bits per heavy atom. The van der Waals surface area contributed by atoms with Crippen LogP contribution in [0.15, 0.2) is 83.8 Å². The van der Waals surface area contributed by atoms with Gasteiger partial charge >= 0.3 is 0 Å². The van der Waals surface area contributed by atoms with E-state index in [1.54, 1.807) is 42.5 Å². The van der Waals surface area contributed by atoms with Crippen LogP contribution in [0.25, 0.3) is 10.8 Å². The zero-order valence-electron chi connectivity index (χ0n) is 19.2. The van der Waals surface area contributed by atoms with Gasteiger partial charge in [-0.15, -0.1) is 0 Å². The second-order valence-electron chi connectivity index (χ2n) is 9.03. The summed E-state index contributed by atoms with van der Waals surface area (Å²) in [6.07, 6.45) is 0.989. The van der Waals surface area contributed by atoms with Crippen molar-refractivity contribution in [3.63, 3.8) is 0 Å². The van der Waals surface area contributed by atoms with Gasteiger partial charge in [-0.3, -0.25) is 9.10 Å². The number of hydrogen-bond donors (Lipinski definition) is 1. The van der Waals surface area contributed by atoms with Crippen LogP contribution in [0.4, 0.5) is 11.4 Å². The van der Waals surface area contributed by atoms with Gasteiger partial charge in [-0.25, -0.2) is 8.42 Å². The summed E-state index contributed by atoms with van der Waals surface area (Å²) in [4.78, 5) is 13.6.